The van der Waals surface area contributed by atoms with Gasteiger partial charge in [0.15, 0.2) is 0 Å². The van der Waals surface area contributed by atoms with Gasteiger partial charge in [0.25, 0.3) is 0 Å². The highest BCUT2D eigenvalue weighted by Crippen LogP contribution is 2.38. The summed E-state index contributed by atoms with van der Waals surface area (Å²) in [6, 6.07) is 0. The van der Waals surface area contributed by atoms with Crippen molar-refractivity contribution in [2.45, 2.75) is 64.7 Å². The van der Waals surface area contributed by atoms with Crippen LogP contribution in [-0.2, 0) is 19.1 Å². The highest BCUT2D eigenvalue weighted by atomic mass is 16.5. The van der Waals surface area contributed by atoms with Crippen molar-refractivity contribution in [1.29, 1.82) is 0 Å². The monoisotopic (exact) mass is 404 g/mol. The highest BCUT2D eigenvalue weighted by Gasteiger charge is 2.41. The molecule has 2 fully saturated rings. The molecule has 3 atom stereocenters. The van der Waals surface area contributed by atoms with Gasteiger partial charge in [-0.05, 0) is 51.4 Å². The topological polar surface area (TPSA) is 84.5 Å². The number of esters is 1. The van der Waals surface area contributed by atoms with E-state index in [2.05, 4.69) is 23.8 Å². The Bertz CT molecular complexity index is 632. The molecule has 6 nitrogen and oxygen atoms in total. The second-order valence-electron chi connectivity index (χ2n) is 8.58. The molecule has 1 unspecified atom stereocenters. The predicted octanol–water partition coefficient (Wildman–Crippen LogP) is 3.28. The first-order chi connectivity index (χ1) is 13.9. The molecule has 162 valence electrons. The zero-order valence-electron chi connectivity index (χ0n) is 17.8. The van der Waals surface area contributed by atoms with Crippen molar-refractivity contribution in [2.24, 2.45) is 16.7 Å². The van der Waals surface area contributed by atoms with Crippen LogP contribution in [0.3, 0.4) is 0 Å². The lowest BCUT2D eigenvalue weighted by atomic mass is 9.71. The molecule has 2 saturated heterocycles. The lowest BCUT2D eigenvalue weighted by Crippen LogP contribution is -2.50. The summed E-state index contributed by atoms with van der Waals surface area (Å²) in [4.78, 5) is 36.9. The van der Waals surface area contributed by atoms with Crippen molar-refractivity contribution >= 4 is 17.8 Å². The quantitative estimate of drug-likeness (QED) is 0.409. The minimum absolute atomic E-state index is 0.0701. The molecular weight excluding hydrogens is 368 g/mol. The molecule has 0 bridgehead atoms. The van der Waals surface area contributed by atoms with E-state index in [9.17, 15) is 14.4 Å². The van der Waals surface area contributed by atoms with Crippen molar-refractivity contribution in [3.8, 4) is 0 Å². The van der Waals surface area contributed by atoms with E-state index in [1.54, 1.807) is 12.2 Å². The van der Waals surface area contributed by atoms with Gasteiger partial charge in [-0.25, -0.2) is 0 Å². The molecule has 2 N–H and O–H groups in total. The molecule has 2 heterocycles. The SMILES string of the molecule is C=CC[C@]1(CCCC(=O)OCC2CNC(=O)[C@](CC)(CC=C)C2)CCCNC1=O. The number of carbonyl (C=O) groups is 3. The molecule has 0 aromatic heterocycles. The average Bonchev–Trinajstić information content (AvgIpc) is 2.71. The van der Waals surface area contributed by atoms with Gasteiger partial charge in [0, 0.05) is 25.4 Å². The van der Waals surface area contributed by atoms with Gasteiger partial charge in [0.1, 0.15) is 0 Å². The summed E-state index contributed by atoms with van der Waals surface area (Å²) >= 11 is 0. The molecule has 0 saturated carbocycles. The molecule has 29 heavy (non-hydrogen) atoms. The van der Waals surface area contributed by atoms with E-state index in [1.165, 1.54) is 0 Å². The fourth-order valence-electron chi connectivity index (χ4n) is 4.76. The predicted molar refractivity (Wildman–Crippen MR) is 113 cm³/mol. The number of carbonyl (C=O) groups excluding carboxylic acids is 3. The molecule has 2 amide bonds. The largest absolute Gasteiger partial charge is 0.465 e. The Kier molecular flexibility index (Phi) is 8.47. The second kappa shape index (κ2) is 10.6. The normalized spacial score (nSPS) is 29.5. The third-order valence-electron chi connectivity index (χ3n) is 6.57. The third-order valence-corrected chi connectivity index (χ3v) is 6.57. The van der Waals surface area contributed by atoms with Crippen LogP contribution in [0, 0.1) is 16.7 Å². The van der Waals surface area contributed by atoms with Crippen LogP contribution in [0.5, 0.6) is 0 Å². The first kappa shape index (κ1) is 23.2. The number of amides is 2. The molecule has 0 aromatic carbocycles. The number of nitrogens with one attached hydrogen (secondary N) is 2. The van der Waals surface area contributed by atoms with Gasteiger partial charge >= 0.3 is 5.97 Å². The summed E-state index contributed by atoms with van der Waals surface area (Å²) in [5.74, 6) is 0.0271. The van der Waals surface area contributed by atoms with Gasteiger partial charge in [0.2, 0.25) is 11.8 Å². The van der Waals surface area contributed by atoms with E-state index in [0.717, 1.165) is 25.8 Å². The third kappa shape index (κ3) is 5.71. The summed E-state index contributed by atoms with van der Waals surface area (Å²) in [7, 11) is 0. The average molecular weight is 405 g/mol. The van der Waals surface area contributed by atoms with Gasteiger partial charge in [0.05, 0.1) is 17.4 Å². The number of allylic oxidation sites excluding steroid dienone is 2. The maximum atomic E-state index is 12.4. The minimum Gasteiger partial charge on any atom is -0.465 e. The molecular formula is C23H36N2O4. The Labute approximate surface area is 174 Å². The zero-order chi connectivity index (χ0) is 21.3. The zero-order valence-corrected chi connectivity index (χ0v) is 17.8. The van der Waals surface area contributed by atoms with Crippen LogP contribution < -0.4 is 10.6 Å². The van der Waals surface area contributed by atoms with Gasteiger partial charge < -0.3 is 15.4 Å². The Balaban J connectivity index is 1.79. The Hall–Kier alpha value is -2.11. The molecule has 0 radical (unpaired) electrons. The first-order valence-electron chi connectivity index (χ1n) is 10.9. The molecule has 0 aliphatic carbocycles. The Morgan fingerprint density at radius 3 is 2.52 bits per heavy atom. The van der Waals surface area contributed by atoms with Gasteiger partial charge in [-0.2, -0.15) is 0 Å². The molecule has 0 aromatic rings. The van der Waals surface area contributed by atoms with Crippen molar-refractivity contribution in [3.63, 3.8) is 0 Å². The van der Waals surface area contributed by atoms with Crippen LogP contribution in [0.15, 0.2) is 25.3 Å². The van der Waals surface area contributed by atoms with Crippen LogP contribution in [0.2, 0.25) is 0 Å². The molecule has 2 rings (SSSR count). The second-order valence-corrected chi connectivity index (χ2v) is 8.58. The standard InChI is InChI=1S/C23H36N2O4/c1-4-10-22(6-3)15-18(16-25-20(22)27)17-29-19(26)9-7-12-23(11-5-2)13-8-14-24-21(23)28/h4-5,18H,1-2,6-17H2,3H3,(H,24,28)(H,25,27)/t18?,22-,23+/m1/s1. The van der Waals surface area contributed by atoms with E-state index >= 15 is 0 Å². The fraction of sp³-hybridized carbons (Fsp3) is 0.696. The summed E-state index contributed by atoms with van der Waals surface area (Å²) < 4.78 is 5.51. The maximum Gasteiger partial charge on any atom is 0.305 e. The highest BCUT2D eigenvalue weighted by molar-refractivity contribution is 5.84. The lowest BCUT2D eigenvalue weighted by molar-refractivity contribution is -0.147. The fourth-order valence-corrected chi connectivity index (χ4v) is 4.76. The summed E-state index contributed by atoms with van der Waals surface area (Å²) in [6.45, 7) is 11.2. The van der Waals surface area contributed by atoms with E-state index in [4.69, 9.17) is 4.74 Å². The van der Waals surface area contributed by atoms with E-state index in [0.29, 0.717) is 51.7 Å². The number of rotatable bonds is 11. The van der Waals surface area contributed by atoms with Gasteiger partial charge in [-0.15, -0.1) is 13.2 Å². The van der Waals surface area contributed by atoms with Crippen molar-refractivity contribution in [2.75, 3.05) is 19.7 Å². The van der Waals surface area contributed by atoms with Crippen molar-refractivity contribution < 1.29 is 19.1 Å². The van der Waals surface area contributed by atoms with Gasteiger partial charge in [-0.1, -0.05) is 19.1 Å². The number of piperidine rings is 2. The Morgan fingerprint density at radius 2 is 1.86 bits per heavy atom. The molecule has 2 aliphatic heterocycles. The smallest absolute Gasteiger partial charge is 0.305 e. The van der Waals surface area contributed by atoms with Crippen LogP contribution >= 0.6 is 0 Å². The molecule has 0 spiro atoms. The Morgan fingerprint density at radius 1 is 1.17 bits per heavy atom. The number of hydrogen-bond donors (Lipinski definition) is 2. The van der Waals surface area contributed by atoms with Crippen LogP contribution in [-0.4, -0.2) is 37.5 Å². The van der Waals surface area contributed by atoms with Crippen LogP contribution in [0.4, 0.5) is 0 Å². The first-order valence-corrected chi connectivity index (χ1v) is 10.9. The van der Waals surface area contributed by atoms with E-state index in [1.807, 2.05) is 6.92 Å². The van der Waals surface area contributed by atoms with Crippen molar-refractivity contribution in [1.82, 2.24) is 10.6 Å². The van der Waals surface area contributed by atoms with Crippen LogP contribution in [0.1, 0.15) is 64.7 Å². The maximum absolute atomic E-state index is 12.4. The number of hydrogen-bond acceptors (Lipinski definition) is 4. The molecule has 2 aliphatic rings. The van der Waals surface area contributed by atoms with Crippen LogP contribution in [0.25, 0.3) is 0 Å². The van der Waals surface area contributed by atoms with E-state index < -0.39 is 10.8 Å². The number of ether oxygens (including phenoxy) is 1. The minimum atomic E-state index is -0.442. The van der Waals surface area contributed by atoms with E-state index in [-0.39, 0.29) is 23.7 Å². The summed E-state index contributed by atoms with van der Waals surface area (Å²) in [5.41, 5.74) is -0.873. The van der Waals surface area contributed by atoms with Crippen molar-refractivity contribution in [3.05, 3.63) is 25.3 Å². The summed E-state index contributed by atoms with van der Waals surface area (Å²) in [6.07, 6.45) is 9.68. The lowest BCUT2D eigenvalue weighted by Gasteiger charge is -2.38. The molecule has 6 heteroatoms. The van der Waals surface area contributed by atoms with Gasteiger partial charge in [-0.3, -0.25) is 14.4 Å². The summed E-state index contributed by atoms with van der Waals surface area (Å²) in [5, 5.41) is 5.91.